The van der Waals surface area contributed by atoms with Crippen LogP contribution in [0.4, 0.5) is 14.5 Å². The highest BCUT2D eigenvalue weighted by molar-refractivity contribution is 6.04. The minimum absolute atomic E-state index is 0.356. The number of aromatic nitrogens is 2. The van der Waals surface area contributed by atoms with Crippen LogP contribution in [0, 0.1) is 11.6 Å². The molecule has 0 bridgehead atoms. The number of amides is 1. The number of halogens is 2. The molecule has 1 amide bonds. The van der Waals surface area contributed by atoms with E-state index >= 15 is 0 Å². The van der Waals surface area contributed by atoms with Gasteiger partial charge in [0.2, 0.25) is 0 Å². The van der Waals surface area contributed by atoms with Gasteiger partial charge in [-0.25, -0.2) is 8.78 Å². The maximum Gasteiger partial charge on any atom is 0.261 e. The Morgan fingerprint density at radius 1 is 0.897 bits per heavy atom. The minimum atomic E-state index is -0.910. The number of anilines is 1. The number of hydrogen-bond acceptors (Lipinski definition) is 2. The zero-order valence-electron chi connectivity index (χ0n) is 15.3. The fourth-order valence-corrected chi connectivity index (χ4v) is 3.15. The van der Waals surface area contributed by atoms with Gasteiger partial charge in [0.25, 0.3) is 5.91 Å². The second kappa shape index (κ2) is 8.06. The zero-order valence-corrected chi connectivity index (χ0v) is 15.3. The lowest BCUT2D eigenvalue weighted by molar-refractivity contribution is 0.101. The number of nitrogens with one attached hydrogen (secondary N) is 1. The van der Waals surface area contributed by atoms with Crippen molar-refractivity contribution in [3.63, 3.8) is 0 Å². The third-order valence-corrected chi connectivity index (χ3v) is 4.52. The summed E-state index contributed by atoms with van der Waals surface area (Å²) in [5.74, 6) is -2.68. The number of carbonyl (C=O) groups is 1. The number of carbonyl (C=O) groups excluding carboxylic acids is 1. The Balaban J connectivity index is 1.53. The van der Waals surface area contributed by atoms with Crippen LogP contribution in [0.25, 0.3) is 11.1 Å². The van der Waals surface area contributed by atoms with Gasteiger partial charge in [-0.2, -0.15) is 5.10 Å². The predicted molar refractivity (Wildman–Crippen MR) is 108 cm³/mol. The molecule has 0 saturated carbocycles. The third-order valence-electron chi connectivity index (χ3n) is 4.52. The maximum absolute atomic E-state index is 13.8. The summed E-state index contributed by atoms with van der Waals surface area (Å²) in [6.07, 6.45) is 3.07. The van der Waals surface area contributed by atoms with Crippen LogP contribution in [-0.4, -0.2) is 15.7 Å². The molecule has 0 aliphatic heterocycles. The van der Waals surface area contributed by atoms with Gasteiger partial charge in [0, 0.05) is 6.20 Å². The zero-order chi connectivity index (χ0) is 20.2. The molecule has 0 unspecified atom stereocenters. The van der Waals surface area contributed by atoms with E-state index in [4.69, 9.17) is 0 Å². The van der Waals surface area contributed by atoms with Crippen LogP contribution in [0.5, 0.6) is 0 Å². The normalized spacial score (nSPS) is 10.7. The Labute approximate surface area is 166 Å². The Kier molecular flexibility index (Phi) is 5.16. The van der Waals surface area contributed by atoms with E-state index in [9.17, 15) is 13.6 Å². The molecule has 4 nitrogen and oxygen atoms in total. The second-order valence-corrected chi connectivity index (χ2v) is 6.50. The van der Waals surface area contributed by atoms with Gasteiger partial charge < -0.3 is 5.32 Å². The van der Waals surface area contributed by atoms with Crippen molar-refractivity contribution in [2.75, 3.05) is 5.32 Å². The van der Waals surface area contributed by atoms with Crippen LogP contribution in [0.3, 0.4) is 0 Å². The topological polar surface area (TPSA) is 46.9 Å². The Morgan fingerprint density at radius 3 is 2.34 bits per heavy atom. The largest absolute Gasteiger partial charge is 0.319 e. The quantitative estimate of drug-likeness (QED) is 0.514. The molecule has 1 aromatic heterocycles. The summed E-state index contributed by atoms with van der Waals surface area (Å²) in [5, 5.41) is 6.74. The van der Waals surface area contributed by atoms with Crippen LogP contribution >= 0.6 is 0 Å². The van der Waals surface area contributed by atoms with Gasteiger partial charge in [-0.3, -0.25) is 9.48 Å². The Morgan fingerprint density at radius 2 is 1.59 bits per heavy atom. The molecule has 1 heterocycles. The Hall–Kier alpha value is -3.80. The highest BCUT2D eigenvalue weighted by Crippen LogP contribution is 2.24. The molecule has 0 spiro atoms. The first-order valence-electron chi connectivity index (χ1n) is 9.03. The molecule has 3 aromatic carbocycles. The minimum Gasteiger partial charge on any atom is -0.319 e. The van der Waals surface area contributed by atoms with Crippen LogP contribution < -0.4 is 5.32 Å². The van der Waals surface area contributed by atoms with Crippen molar-refractivity contribution in [2.24, 2.45) is 0 Å². The van der Waals surface area contributed by atoms with Crippen LogP contribution in [-0.2, 0) is 6.54 Å². The first kappa shape index (κ1) is 18.6. The molecule has 0 fully saturated rings. The first-order valence-corrected chi connectivity index (χ1v) is 9.03. The van der Waals surface area contributed by atoms with Crippen LogP contribution in [0.2, 0.25) is 0 Å². The molecular formula is C23H17F2N3O. The van der Waals surface area contributed by atoms with E-state index in [2.05, 4.69) is 10.4 Å². The first-order chi connectivity index (χ1) is 14.1. The average Bonchev–Trinajstić information content (AvgIpc) is 3.15. The van der Waals surface area contributed by atoms with E-state index in [-0.39, 0.29) is 0 Å². The van der Waals surface area contributed by atoms with Crippen molar-refractivity contribution >= 4 is 11.6 Å². The average molecular weight is 389 g/mol. The monoisotopic (exact) mass is 389 g/mol. The predicted octanol–water partition coefficient (Wildman–Crippen LogP) is 5.13. The molecule has 29 heavy (non-hydrogen) atoms. The van der Waals surface area contributed by atoms with Crippen molar-refractivity contribution in [1.82, 2.24) is 9.78 Å². The summed E-state index contributed by atoms with van der Waals surface area (Å²) in [7, 11) is 0. The maximum atomic E-state index is 13.8. The number of hydrogen-bond donors (Lipinski definition) is 1. The lowest BCUT2D eigenvalue weighted by Gasteiger charge is -2.10. The van der Waals surface area contributed by atoms with Crippen LogP contribution in [0.1, 0.15) is 15.9 Å². The van der Waals surface area contributed by atoms with E-state index in [1.165, 1.54) is 12.3 Å². The molecule has 0 atom stereocenters. The van der Waals surface area contributed by atoms with Gasteiger partial charge >= 0.3 is 0 Å². The summed E-state index contributed by atoms with van der Waals surface area (Å²) in [4.78, 5) is 12.2. The van der Waals surface area contributed by atoms with Gasteiger partial charge in [0.15, 0.2) is 0 Å². The van der Waals surface area contributed by atoms with E-state index in [1.54, 1.807) is 10.9 Å². The van der Waals surface area contributed by atoms with Crippen molar-refractivity contribution in [3.05, 3.63) is 108 Å². The molecule has 0 radical (unpaired) electrons. The van der Waals surface area contributed by atoms with Crippen molar-refractivity contribution < 1.29 is 13.6 Å². The van der Waals surface area contributed by atoms with Gasteiger partial charge in [0.1, 0.15) is 17.2 Å². The molecule has 4 rings (SSSR count). The van der Waals surface area contributed by atoms with Gasteiger partial charge in [0.05, 0.1) is 18.4 Å². The third kappa shape index (κ3) is 4.06. The molecule has 0 aliphatic carbocycles. The fraction of sp³-hybridized carbons (Fsp3) is 0.0435. The van der Waals surface area contributed by atoms with E-state index < -0.39 is 23.1 Å². The summed E-state index contributed by atoms with van der Waals surface area (Å²) in [6.45, 7) is 0.481. The SMILES string of the molecule is O=C(Nc1cnn(Cc2ccccc2-c2ccccc2)c1)c1c(F)cccc1F. The summed E-state index contributed by atoms with van der Waals surface area (Å²) >= 11 is 0. The number of benzene rings is 3. The second-order valence-electron chi connectivity index (χ2n) is 6.50. The smallest absolute Gasteiger partial charge is 0.261 e. The standard InChI is InChI=1S/C23H17F2N3O/c24-20-11-6-12-21(25)22(20)23(29)27-18-13-26-28(15-18)14-17-9-4-5-10-19(17)16-7-2-1-3-8-16/h1-13,15H,14H2,(H,27,29). The van der Waals surface area contributed by atoms with Gasteiger partial charge in [-0.15, -0.1) is 0 Å². The number of rotatable bonds is 5. The number of nitrogens with zero attached hydrogens (tertiary/aromatic N) is 2. The molecule has 1 N–H and O–H groups in total. The molecule has 6 heteroatoms. The molecule has 144 valence electrons. The summed E-state index contributed by atoms with van der Waals surface area (Å²) < 4.78 is 29.2. The fourth-order valence-electron chi connectivity index (χ4n) is 3.15. The summed E-state index contributed by atoms with van der Waals surface area (Å²) in [5.41, 5.74) is 2.98. The van der Waals surface area contributed by atoms with Crippen molar-refractivity contribution in [2.45, 2.75) is 6.54 Å². The van der Waals surface area contributed by atoms with Gasteiger partial charge in [-0.1, -0.05) is 60.7 Å². The molecule has 0 aliphatic rings. The van der Waals surface area contributed by atoms with E-state index in [0.717, 1.165) is 28.8 Å². The van der Waals surface area contributed by atoms with E-state index in [1.807, 2.05) is 54.6 Å². The van der Waals surface area contributed by atoms with Crippen LogP contribution in [0.15, 0.2) is 85.2 Å². The molecular weight excluding hydrogens is 372 g/mol. The lowest BCUT2D eigenvalue weighted by Crippen LogP contribution is -2.15. The molecule has 4 aromatic rings. The van der Waals surface area contributed by atoms with Gasteiger partial charge in [-0.05, 0) is 28.8 Å². The highest BCUT2D eigenvalue weighted by atomic mass is 19.1. The highest BCUT2D eigenvalue weighted by Gasteiger charge is 2.17. The Bertz CT molecular complexity index is 1140. The van der Waals surface area contributed by atoms with Crippen molar-refractivity contribution in [3.8, 4) is 11.1 Å². The summed E-state index contributed by atoms with van der Waals surface area (Å²) in [6, 6.07) is 21.3. The van der Waals surface area contributed by atoms with Crippen molar-refractivity contribution in [1.29, 1.82) is 0 Å². The molecule has 0 saturated heterocycles. The lowest BCUT2D eigenvalue weighted by atomic mass is 10.00. The van der Waals surface area contributed by atoms with E-state index in [0.29, 0.717) is 12.2 Å².